The van der Waals surface area contributed by atoms with Crippen molar-refractivity contribution in [3.8, 4) is 0 Å². The summed E-state index contributed by atoms with van der Waals surface area (Å²) in [5.41, 5.74) is -1.37. The maximum Gasteiger partial charge on any atom is 0.416 e. The molecule has 1 aliphatic carbocycles. The highest BCUT2D eigenvalue weighted by molar-refractivity contribution is 5.74. The lowest BCUT2D eigenvalue weighted by Gasteiger charge is -2.26. The molecule has 0 aliphatic heterocycles. The molecule has 0 radical (unpaired) electrons. The van der Waals surface area contributed by atoms with Crippen molar-refractivity contribution in [3.05, 3.63) is 35.1 Å². The molecule has 1 aromatic carbocycles. The van der Waals surface area contributed by atoms with Crippen LogP contribution in [0.1, 0.15) is 36.8 Å². The number of halogens is 4. The van der Waals surface area contributed by atoms with E-state index in [2.05, 4.69) is 10.6 Å². The third-order valence-electron chi connectivity index (χ3n) is 4.23. The van der Waals surface area contributed by atoms with Crippen molar-refractivity contribution in [2.75, 3.05) is 0 Å². The second kappa shape index (κ2) is 7.71. The van der Waals surface area contributed by atoms with Crippen LogP contribution in [0.4, 0.5) is 22.4 Å². The van der Waals surface area contributed by atoms with Gasteiger partial charge in [-0.25, -0.2) is 9.18 Å². The number of hydrogen-bond donors (Lipinski definition) is 3. The van der Waals surface area contributed by atoms with E-state index in [9.17, 15) is 27.2 Å². The Kier molecular flexibility index (Phi) is 5.86. The molecule has 0 spiro atoms. The number of rotatable bonds is 4. The molecule has 2 amide bonds. The molecule has 0 unspecified atom stereocenters. The molecule has 0 heterocycles. The third kappa shape index (κ3) is 5.33. The lowest BCUT2D eigenvalue weighted by molar-refractivity contribution is -0.143. The highest BCUT2D eigenvalue weighted by Crippen LogP contribution is 2.32. The molecule has 25 heavy (non-hydrogen) atoms. The maximum absolute atomic E-state index is 13.0. The van der Waals surface area contributed by atoms with Gasteiger partial charge in [0.05, 0.1) is 11.5 Å². The smallest absolute Gasteiger partial charge is 0.416 e. The predicted octanol–water partition coefficient (Wildman–Crippen LogP) is 3.29. The first-order valence-electron chi connectivity index (χ1n) is 7.79. The molecule has 0 aromatic heterocycles. The van der Waals surface area contributed by atoms with Gasteiger partial charge in [0.1, 0.15) is 5.82 Å². The van der Waals surface area contributed by atoms with E-state index in [4.69, 9.17) is 5.11 Å². The fourth-order valence-corrected chi connectivity index (χ4v) is 2.86. The molecule has 1 aromatic rings. The number of amides is 2. The Morgan fingerprint density at radius 1 is 1.16 bits per heavy atom. The Morgan fingerprint density at radius 3 is 2.36 bits per heavy atom. The predicted molar refractivity (Wildman–Crippen MR) is 80.2 cm³/mol. The van der Waals surface area contributed by atoms with Crippen LogP contribution in [-0.4, -0.2) is 23.1 Å². The molecule has 5 nitrogen and oxygen atoms in total. The zero-order valence-corrected chi connectivity index (χ0v) is 13.2. The van der Waals surface area contributed by atoms with E-state index < -0.39 is 42.0 Å². The average molecular weight is 362 g/mol. The first kappa shape index (κ1) is 19.0. The Labute approximate surface area is 141 Å². The highest BCUT2D eigenvalue weighted by Gasteiger charge is 2.34. The minimum atomic E-state index is -4.72. The van der Waals surface area contributed by atoms with Crippen molar-refractivity contribution in [3.63, 3.8) is 0 Å². The second-order valence-corrected chi connectivity index (χ2v) is 6.01. The summed E-state index contributed by atoms with van der Waals surface area (Å²) in [5, 5.41) is 13.9. The summed E-state index contributed by atoms with van der Waals surface area (Å²) in [6.07, 6.45) is -2.85. The quantitative estimate of drug-likeness (QED) is 0.719. The summed E-state index contributed by atoms with van der Waals surface area (Å²) in [4.78, 5) is 22.7. The maximum atomic E-state index is 13.0. The van der Waals surface area contributed by atoms with Crippen LogP contribution < -0.4 is 10.6 Å². The fourth-order valence-electron chi connectivity index (χ4n) is 2.86. The topological polar surface area (TPSA) is 78.4 Å². The number of alkyl halides is 3. The molecule has 1 fully saturated rings. The van der Waals surface area contributed by atoms with Crippen LogP contribution in [0, 0.1) is 11.7 Å². The fraction of sp³-hybridized carbons (Fsp3) is 0.500. The normalized spacial score (nSPS) is 20.8. The number of carbonyl (C=O) groups excluding carboxylic acids is 1. The minimum Gasteiger partial charge on any atom is -0.481 e. The SMILES string of the molecule is O=C(NCc1ccc(F)cc1C(F)(F)F)NC1CCC(C(=O)O)CC1. The molecule has 9 heteroatoms. The van der Waals surface area contributed by atoms with Gasteiger partial charge in [0, 0.05) is 12.6 Å². The van der Waals surface area contributed by atoms with Gasteiger partial charge in [-0.05, 0) is 43.4 Å². The van der Waals surface area contributed by atoms with Gasteiger partial charge in [-0.2, -0.15) is 13.2 Å². The van der Waals surface area contributed by atoms with Gasteiger partial charge in [0.25, 0.3) is 0 Å². The number of urea groups is 1. The van der Waals surface area contributed by atoms with Crippen LogP contribution in [0.15, 0.2) is 18.2 Å². The van der Waals surface area contributed by atoms with Gasteiger partial charge in [-0.1, -0.05) is 6.07 Å². The van der Waals surface area contributed by atoms with Crippen molar-refractivity contribution in [1.82, 2.24) is 10.6 Å². The zero-order chi connectivity index (χ0) is 18.6. The lowest BCUT2D eigenvalue weighted by Crippen LogP contribution is -2.44. The average Bonchev–Trinajstić information content (AvgIpc) is 2.53. The molecule has 1 aliphatic rings. The van der Waals surface area contributed by atoms with E-state index in [0.29, 0.717) is 31.7 Å². The van der Waals surface area contributed by atoms with E-state index in [-0.39, 0.29) is 11.6 Å². The van der Waals surface area contributed by atoms with Gasteiger partial charge < -0.3 is 15.7 Å². The largest absolute Gasteiger partial charge is 0.481 e. The number of carboxylic acid groups (broad SMARTS) is 1. The Bertz CT molecular complexity index is 641. The van der Waals surface area contributed by atoms with E-state index in [1.54, 1.807) is 0 Å². The monoisotopic (exact) mass is 362 g/mol. The number of benzene rings is 1. The molecule has 2 rings (SSSR count). The van der Waals surface area contributed by atoms with Gasteiger partial charge in [-0.15, -0.1) is 0 Å². The molecule has 3 N–H and O–H groups in total. The van der Waals surface area contributed by atoms with Gasteiger partial charge in [0.2, 0.25) is 0 Å². The van der Waals surface area contributed by atoms with Crippen molar-refractivity contribution in [1.29, 1.82) is 0 Å². The Hall–Kier alpha value is -2.32. The first-order chi connectivity index (χ1) is 11.7. The third-order valence-corrected chi connectivity index (χ3v) is 4.23. The Morgan fingerprint density at radius 2 is 1.80 bits per heavy atom. The Balaban J connectivity index is 1.88. The molecule has 0 bridgehead atoms. The molecule has 0 saturated heterocycles. The first-order valence-corrected chi connectivity index (χ1v) is 7.79. The van der Waals surface area contributed by atoms with Gasteiger partial charge >= 0.3 is 18.2 Å². The van der Waals surface area contributed by atoms with Crippen LogP contribution in [0.3, 0.4) is 0 Å². The highest BCUT2D eigenvalue weighted by atomic mass is 19.4. The zero-order valence-electron chi connectivity index (χ0n) is 13.2. The van der Waals surface area contributed by atoms with E-state index >= 15 is 0 Å². The summed E-state index contributed by atoms with van der Waals surface area (Å²) in [6, 6.07) is 1.41. The van der Waals surface area contributed by atoms with E-state index in [0.717, 1.165) is 12.1 Å². The summed E-state index contributed by atoms with van der Waals surface area (Å²) in [7, 11) is 0. The molecular formula is C16H18F4N2O3. The summed E-state index contributed by atoms with van der Waals surface area (Å²) >= 11 is 0. The molecule has 0 atom stereocenters. The second-order valence-electron chi connectivity index (χ2n) is 6.01. The van der Waals surface area contributed by atoms with Gasteiger partial charge in [0.15, 0.2) is 0 Å². The number of aliphatic carboxylic acids is 1. The van der Waals surface area contributed by atoms with Crippen molar-refractivity contribution in [2.45, 2.75) is 44.4 Å². The van der Waals surface area contributed by atoms with Gasteiger partial charge in [-0.3, -0.25) is 4.79 Å². The van der Waals surface area contributed by atoms with Crippen LogP contribution in [0.25, 0.3) is 0 Å². The van der Waals surface area contributed by atoms with Crippen molar-refractivity contribution < 1.29 is 32.3 Å². The van der Waals surface area contributed by atoms with Crippen LogP contribution in [-0.2, 0) is 17.5 Å². The number of carboxylic acids is 1. The van der Waals surface area contributed by atoms with E-state index in [1.807, 2.05) is 0 Å². The van der Waals surface area contributed by atoms with E-state index in [1.165, 1.54) is 0 Å². The molecule has 1 saturated carbocycles. The summed E-state index contributed by atoms with van der Waals surface area (Å²) in [5.74, 6) is -2.29. The van der Waals surface area contributed by atoms with Crippen LogP contribution in [0.5, 0.6) is 0 Å². The number of carbonyl (C=O) groups is 2. The summed E-state index contributed by atoms with van der Waals surface area (Å²) in [6.45, 7) is -0.397. The molecule has 138 valence electrons. The van der Waals surface area contributed by atoms with Crippen molar-refractivity contribution in [2.24, 2.45) is 5.92 Å². The van der Waals surface area contributed by atoms with Crippen LogP contribution >= 0.6 is 0 Å². The summed E-state index contributed by atoms with van der Waals surface area (Å²) < 4.78 is 51.7. The van der Waals surface area contributed by atoms with Crippen molar-refractivity contribution >= 4 is 12.0 Å². The molecular weight excluding hydrogens is 344 g/mol. The number of hydrogen-bond acceptors (Lipinski definition) is 2. The lowest BCUT2D eigenvalue weighted by atomic mass is 9.86. The number of nitrogens with one attached hydrogen (secondary N) is 2. The minimum absolute atomic E-state index is 0.217. The van der Waals surface area contributed by atoms with Crippen LogP contribution in [0.2, 0.25) is 0 Å². The standard InChI is InChI=1S/C16H18F4N2O3/c17-11-4-1-10(13(7-11)16(18,19)20)8-21-15(25)22-12-5-2-9(3-6-12)14(23)24/h1,4,7,9,12H,2-3,5-6,8H2,(H,23,24)(H2,21,22,25).